The maximum Gasteiger partial charge on any atom is 0.252 e. The van der Waals surface area contributed by atoms with Gasteiger partial charge in [0.25, 0.3) is 5.95 Å². The smallest absolute Gasteiger partial charge is 0.252 e. The maximum atomic E-state index is 13.0. The van der Waals surface area contributed by atoms with Crippen molar-refractivity contribution in [2.45, 2.75) is 19.3 Å². The van der Waals surface area contributed by atoms with Gasteiger partial charge in [-0.3, -0.25) is 9.59 Å². The summed E-state index contributed by atoms with van der Waals surface area (Å²) < 4.78 is 1.46. The van der Waals surface area contributed by atoms with Crippen molar-refractivity contribution in [1.82, 2.24) is 19.7 Å². The zero-order valence-electron chi connectivity index (χ0n) is 13.8. The monoisotopic (exact) mass is 367 g/mol. The maximum absolute atomic E-state index is 13.0. The topological polar surface area (TPSA) is 89.8 Å². The standard InChI is InChI=1S/C18H14ClN5O2/c1-10-15-13(16(26)11-3-5-12(19)6-4-11)9-14(25)22-17(15)24(23-10)18-20-7-2-8-21-18/h2-8,13H,9H2,1H3,(H,22,25). The van der Waals surface area contributed by atoms with Gasteiger partial charge in [-0.1, -0.05) is 11.6 Å². The average Bonchev–Trinajstić information content (AvgIpc) is 2.98. The lowest BCUT2D eigenvalue weighted by atomic mass is 9.85. The molecule has 7 nitrogen and oxygen atoms in total. The normalized spacial score (nSPS) is 16.1. The molecule has 0 fully saturated rings. The van der Waals surface area contributed by atoms with Crippen LogP contribution in [0, 0.1) is 6.92 Å². The van der Waals surface area contributed by atoms with Gasteiger partial charge >= 0.3 is 0 Å². The van der Waals surface area contributed by atoms with Crippen LogP contribution in [0.1, 0.15) is 34.0 Å². The molecule has 4 rings (SSSR count). The van der Waals surface area contributed by atoms with Crippen LogP contribution < -0.4 is 5.32 Å². The van der Waals surface area contributed by atoms with Gasteiger partial charge in [-0.25, -0.2) is 9.97 Å². The molecule has 3 aromatic rings. The molecule has 2 aromatic heterocycles. The molecule has 0 saturated heterocycles. The molecule has 0 aliphatic carbocycles. The second-order valence-electron chi connectivity index (χ2n) is 5.98. The summed E-state index contributed by atoms with van der Waals surface area (Å²) in [4.78, 5) is 33.6. The molecule has 1 aliphatic heterocycles. The van der Waals surface area contributed by atoms with Gasteiger partial charge in [0.05, 0.1) is 11.6 Å². The van der Waals surface area contributed by atoms with Crippen LogP contribution in [0.3, 0.4) is 0 Å². The number of aryl methyl sites for hydroxylation is 1. The van der Waals surface area contributed by atoms with E-state index < -0.39 is 5.92 Å². The number of hydrogen-bond acceptors (Lipinski definition) is 5. The summed E-state index contributed by atoms with van der Waals surface area (Å²) in [5.74, 6) is -0.234. The Morgan fingerprint density at radius 2 is 1.92 bits per heavy atom. The van der Waals surface area contributed by atoms with E-state index in [0.717, 1.165) is 0 Å². The zero-order valence-corrected chi connectivity index (χ0v) is 14.6. The molecule has 1 atom stereocenters. The van der Waals surface area contributed by atoms with E-state index in [0.29, 0.717) is 33.6 Å². The molecule has 1 unspecified atom stereocenters. The minimum atomic E-state index is -0.614. The Hall–Kier alpha value is -3.06. The van der Waals surface area contributed by atoms with E-state index in [2.05, 4.69) is 20.4 Å². The van der Waals surface area contributed by atoms with E-state index in [-0.39, 0.29) is 18.1 Å². The number of anilines is 1. The van der Waals surface area contributed by atoms with Crippen molar-refractivity contribution >= 4 is 29.1 Å². The van der Waals surface area contributed by atoms with Crippen LogP contribution in [0.25, 0.3) is 5.95 Å². The van der Waals surface area contributed by atoms with Gasteiger partial charge in [0.1, 0.15) is 5.82 Å². The molecular weight excluding hydrogens is 354 g/mol. The fraction of sp³-hybridized carbons (Fsp3) is 0.167. The number of hydrogen-bond donors (Lipinski definition) is 1. The Labute approximate surface area is 154 Å². The van der Waals surface area contributed by atoms with E-state index in [1.54, 1.807) is 49.6 Å². The first-order chi connectivity index (χ1) is 12.5. The van der Waals surface area contributed by atoms with Crippen LogP contribution in [0.5, 0.6) is 0 Å². The third-order valence-electron chi connectivity index (χ3n) is 4.29. The molecule has 8 heteroatoms. The summed E-state index contributed by atoms with van der Waals surface area (Å²) in [5, 5.41) is 7.79. The predicted molar refractivity (Wildman–Crippen MR) is 95.7 cm³/mol. The SMILES string of the molecule is Cc1nn(-c2ncccn2)c2c1C(C(=O)c1ccc(Cl)cc1)CC(=O)N2. The van der Waals surface area contributed by atoms with Gasteiger partial charge in [0.15, 0.2) is 5.78 Å². The number of carbonyl (C=O) groups excluding carboxylic acids is 2. The van der Waals surface area contributed by atoms with Crippen LogP contribution in [0.4, 0.5) is 5.82 Å². The van der Waals surface area contributed by atoms with Gasteiger partial charge in [-0.15, -0.1) is 0 Å². The number of amides is 1. The summed E-state index contributed by atoms with van der Waals surface area (Å²) in [6.45, 7) is 1.80. The lowest BCUT2D eigenvalue weighted by Crippen LogP contribution is -2.28. The van der Waals surface area contributed by atoms with Crippen molar-refractivity contribution in [1.29, 1.82) is 0 Å². The molecule has 0 saturated carbocycles. The second kappa shape index (κ2) is 6.34. The van der Waals surface area contributed by atoms with Gasteiger partial charge in [0.2, 0.25) is 5.91 Å². The minimum absolute atomic E-state index is 0.0661. The lowest BCUT2D eigenvalue weighted by molar-refractivity contribution is -0.116. The van der Waals surface area contributed by atoms with Crippen molar-refractivity contribution in [3.8, 4) is 5.95 Å². The fourth-order valence-corrected chi connectivity index (χ4v) is 3.26. The first-order valence-electron chi connectivity index (χ1n) is 8.01. The second-order valence-corrected chi connectivity index (χ2v) is 6.42. The fourth-order valence-electron chi connectivity index (χ4n) is 3.13. The molecule has 1 aliphatic rings. The minimum Gasteiger partial charge on any atom is -0.310 e. The summed E-state index contributed by atoms with van der Waals surface area (Å²) in [5.41, 5.74) is 1.85. The molecule has 26 heavy (non-hydrogen) atoms. The average molecular weight is 368 g/mol. The Kier molecular flexibility index (Phi) is 4.00. The molecule has 0 radical (unpaired) electrons. The highest BCUT2D eigenvalue weighted by atomic mass is 35.5. The molecule has 0 bridgehead atoms. The first kappa shape index (κ1) is 16.4. The third-order valence-corrected chi connectivity index (χ3v) is 4.54. The molecule has 1 amide bonds. The highest BCUT2D eigenvalue weighted by Gasteiger charge is 2.36. The molecule has 1 aromatic carbocycles. The number of ketones is 1. The summed E-state index contributed by atoms with van der Waals surface area (Å²) in [6.07, 6.45) is 3.25. The van der Waals surface area contributed by atoms with Crippen LogP contribution in [0.15, 0.2) is 42.7 Å². The van der Waals surface area contributed by atoms with E-state index >= 15 is 0 Å². The van der Waals surface area contributed by atoms with Crippen molar-refractivity contribution in [3.05, 3.63) is 64.6 Å². The number of halogens is 1. The molecule has 0 spiro atoms. The Morgan fingerprint density at radius 1 is 1.23 bits per heavy atom. The van der Waals surface area contributed by atoms with Crippen molar-refractivity contribution in [2.75, 3.05) is 5.32 Å². The van der Waals surface area contributed by atoms with Gasteiger partial charge in [0, 0.05) is 35.0 Å². The first-order valence-corrected chi connectivity index (χ1v) is 8.39. The Morgan fingerprint density at radius 3 is 2.62 bits per heavy atom. The van der Waals surface area contributed by atoms with Gasteiger partial charge < -0.3 is 5.32 Å². The Balaban J connectivity index is 1.81. The molecule has 1 N–H and O–H groups in total. The van der Waals surface area contributed by atoms with Gasteiger partial charge in [-0.05, 0) is 37.3 Å². The zero-order chi connectivity index (χ0) is 18.3. The predicted octanol–water partition coefficient (Wildman–Crippen LogP) is 2.93. The quantitative estimate of drug-likeness (QED) is 0.719. The number of benzene rings is 1. The Bertz CT molecular complexity index is 998. The van der Waals surface area contributed by atoms with Crippen LogP contribution in [-0.4, -0.2) is 31.4 Å². The summed E-state index contributed by atoms with van der Waals surface area (Å²) in [6, 6.07) is 8.34. The van der Waals surface area contributed by atoms with Crippen molar-refractivity contribution in [3.63, 3.8) is 0 Å². The van der Waals surface area contributed by atoms with E-state index in [4.69, 9.17) is 11.6 Å². The highest BCUT2D eigenvalue weighted by Crippen LogP contribution is 2.37. The molecule has 130 valence electrons. The van der Waals surface area contributed by atoms with E-state index in [1.165, 1.54) is 4.68 Å². The van der Waals surface area contributed by atoms with Crippen LogP contribution in [-0.2, 0) is 4.79 Å². The van der Waals surface area contributed by atoms with Gasteiger partial charge in [-0.2, -0.15) is 9.78 Å². The number of nitrogens with one attached hydrogen (secondary N) is 1. The van der Waals surface area contributed by atoms with E-state index in [1.807, 2.05) is 0 Å². The number of Topliss-reactive ketones (excluding diaryl/α,β-unsaturated/α-hetero) is 1. The number of carbonyl (C=O) groups is 2. The number of aromatic nitrogens is 4. The van der Waals surface area contributed by atoms with Crippen molar-refractivity contribution < 1.29 is 9.59 Å². The molecule has 3 heterocycles. The van der Waals surface area contributed by atoms with Crippen molar-refractivity contribution in [2.24, 2.45) is 0 Å². The van der Waals surface area contributed by atoms with E-state index in [9.17, 15) is 9.59 Å². The highest BCUT2D eigenvalue weighted by molar-refractivity contribution is 6.30. The van der Waals surface area contributed by atoms with Crippen LogP contribution in [0.2, 0.25) is 5.02 Å². The number of nitrogens with zero attached hydrogens (tertiary/aromatic N) is 4. The number of fused-ring (bicyclic) bond motifs is 1. The molecular formula is C18H14ClN5O2. The third kappa shape index (κ3) is 2.76. The lowest BCUT2D eigenvalue weighted by Gasteiger charge is -2.22. The van der Waals surface area contributed by atoms with Crippen LogP contribution >= 0.6 is 11.6 Å². The largest absolute Gasteiger partial charge is 0.310 e. The summed E-state index contributed by atoms with van der Waals surface area (Å²) >= 11 is 5.90. The number of rotatable bonds is 3. The summed E-state index contributed by atoms with van der Waals surface area (Å²) in [7, 11) is 0.